The highest BCUT2D eigenvalue weighted by Gasteiger charge is 2.33. The van der Waals surface area contributed by atoms with E-state index in [1.807, 2.05) is 23.1 Å². The molecule has 1 saturated heterocycles. The average Bonchev–Trinajstić information content (AvgIpc) is 3.32. The van der Waals surface area contributed by atoms with Crippen LogP contribution in [0.4, 0.5) is 0 Å². The van der Waals surface area contributed by atoms with Gasteiger partial charge in [-0.3, -0.25) is 4.79 Å². The van der Waals surface area contributed by atoms with Crippen LogP contribution in [-0.2, 0) is 16.8 Å². The molecule has 5 nitrogen and oxygen atoms in total. The van der Waals surface area contributed by atoms with Crippen molar-refractivity contribution in [3.8, 4) is 5.75 Å². The number of unbranched alkanes of at least 4 members (excludes halogenated alkanes) is 1. The van der Waals surface area contributed by atoms with E-state index in [-0.39, 0.29) is 17.2 Å². The number of rotatable bonds is 8. The Morgan fingerprint density at radius 3 is 2.53 bits per heavy atom. The Labute approximate surface area is 191 Å². The zero-order valence-electron chi connectivity index (χ0n) is 19.8. The molecule has 1 amide bonds. The molecule has 1 atom stereocenters. The smallest absolute Gasteiger partial charge is 0.223 e. The number of carbonyl (C=O) groups is 1. The minimum absolute atomic E-state index is 0.132. The van der Waals surface area contributed by atoms with Crippen LogP contribution in [0.3, 0.4) is 0 Å². The number of carbonyl (C=O) groups excluding carboxylic acids is 1. The first-order valence-electron chi connectivity index (χ1n) is 11.8. The number of para-hydroxylation sites is 2. The van der Waals surface area contributed by atoms with E-state index in [2.05, 4.69) is 62.6 Å². The summed E-state index contributed by atoms with van der Waals surface area (Å²) in [5.41, 5.74) is 3.52. The van der Waals surface area contributed by atoms with Crippen LogP contribution < -0.4 is 4.74 Å². The summed E-state index contributed by atoms with van der Waals surface area (Å²) in [5.74, 6) is 2.27. The molecule has 170 valence electrons. The number of imidazole rings is 1. The first-order valence-corrected chi connectivity index (χ1v) is 11.8. The van der Waals surface area contributed by atoms with E-state index in [1.54, 1.807) is 0 Å². The second-order valence-corrected chi connectivity index (χ2v) is 9.83. The van der Waals surface area contributed by atoms with Gasteiger partial charge in [-0.2, -0.15) is 0 Å². The van der Waals surface area contributed by atoms with Gasteiger partial charge in [-0.25, -0.2) is 4.98 Å². The molecule has 2 heterocycles. The standard InChI is InChI=1S/C27H35N3O2/c1-5-6-15-29-19-20(18-25(29)31)26-28-23-9-7-8-10-24(23)30(26)16-17-32-22-13-11-21(12-14-22)27(2,3)4/h7-14,20H,5-6,15-19H2,1-4H3/t20-/m1/s1. The van der Waals surface area contributed by atoms with Crippen LogP contribution in [0.25, 0.3) is 11.0 Å². The van der Waals surface area contributed by atoms with Gasteiger partial charge >= 0.3 is 0 Å². The molecule has 4 rings (SSSR count). The lowest BCUT2D eigenvalue weighted by Gasteiger charge is -2.19. The third-order valence-corrected chi connectivity index (χ3v) is 6.35. The molecule has 1 aromatic heterocycles. The van der Waals surface area contributed by atoms with Gasteiger partial charge in [0.15, 0.2) is 0 Å². The predicted molar refractivity (Wildman–Crippen MR) is 129 cm³/mol. The highest BCUT2D eigenvalue weighted by molar-refractivity contribution is 5.80. The number of amides is 1. The number of fused-ring (bicyclic) bond motifs is 1. The third-order valence-electron chi connectivity index (χ3n) is 6.35. The minimum Gasteiger partial charge on any atom is -0.492 e. The molecule has 5 heteroatoms. The van der Waals surface area contributed by atoms with Crippen molar-refractivity contribution in [2.75, 3.05) is 19.7 Å². The lowest BCUT2D eigenvalue weighted by atomic mass is 9.87. The van der Waals surface area contributed by atoms with Gasteiger partial charge < -0.3 is 14.2 Å². The molecule has 0 N–H and O–H groups in total. The van der Waals surface area contributed by atoms with E-state index in [0.29, 0.717) is 19.6 Å². The van der Waals surface area contributed by atoms with Crippen molar-refractivity contribution in [2.45, 2.75) is 64.8 Å². The minimum atomic E-state index is 0.132. The maximum Gasteiger partial charge on any atom is 0.223 e. The number of nitrogens with zero attached hydrogens (tertiary/aromatic N) is 3. The Morgan fingerprint density at radius 1 is 1.06 bits per heavy atom. The molecular formula is C27H35N3O2. The van der Waals surface area contributed by atoms with Crippen molar-refractivity contribution >= 4 is 16.9 Å². The van der Waals surface area contributed by atoms with E-state index < -0.39 is 0 Å². The van der Waals surface area contributed by atoms with Gasteiger partial charge in [-0.15, -0.1) is 0 Å². The fourth-order valence-electron chi connectivity index (χ4n) is 4.46. The van der Waals surface area contributed by atoms with Crippen LogP contribution in [0.1, 0.15) is 64.3 Å². The van der Waals surface area contributed by atoms with Crippen LogP contribution in [0.15, 0.2) is 48.5 Å². The predicted octanol–water partition coefficient (Wildman–Crippen LogP) is 5.53. The molecule has 0 aliphatic carbocycles. The monoisotopic (exact) mass is 433 g/mol. The molecule has 32 heavy (non-hydrogen) atoms. The normalized spacial score (nSPS) is 16.8. The van der Waals surface area contributed by atoms with Crippen LogP contribution >= 0.6 is 0 Å². The van der Waals surface area contributed by atoms with Gasteiger partial charge in [-0.1, -0.05) is 58.4 Å². The highest BCUT2D eigenvalue weighted by Crippen LogP contribution is 2.31. The molecule has 1 aliphatic heterocycles. The van der Waals surface area contributed by atoms with Crippen molar-refractivity contribution in [2.24, 2.45) is 0 Å². The molecule has 1 aliphatic rings. The van der Waals surface area contributed by atoms with Gasteiger partial charge in [0.05, 0.1) is 17.6 Å². The maximum absolute atomic E-state index is 12.6. The van der Waals surface area contributed by atoms with Gasteiger partial charge in [0.2, 0.25) is 5.91 Å². The molecule has 0 radical (unpaired) electrons. The van der Waals surface area contributed by atoms with Crippen molar-refractivity contribution < 1.29 is 9.53 Å². The summed E-state index contributed by atoms with van der Waals surface area (Å²) in [7, 11) is 0. The Bertz CT molecular complexity index is 1060. The molecule has 2 aromatic carbocycles. The number of hydrogen-bond acceptors (Lipinski definition) is 3. The summed E-state index contributed by atoms with van der Waals surface area (Å²) in [6.07, 6.45) is 2.69. The summed E-state index contributed by atoms with van der Waals surface area (Å²) in [6, 6.07) is 16.6. The Kier molecular flexibility index (Phi) is 6.54. The Morgan fingerprint density at radius 2 is 1.81 bits per heavy atom. The molecule has 0 unspecified atom stereocenters. The second-order valence-electron chi connectivity index (χ2n) is 9.83. The fraction of sp³-hybridized carbons (Fsp3) is 0.481. The molecule has 0 spiro atoms. The molecule has 1 fully saturated rings. The van der Waals surface area contributed by atoms with Gasteiger partial charge in [0.1, 0.15) is 18.2 Å². The lowest BCUT2D eigenvalue weighted by Crippen LogP contribution is -2.26. The van der Waals surface area contributed by atoms with Crippen molar-refractivity contribution in [1.29, 1.82) is 0 Å². The SMILES string of the molecule is CCCCN1C[C@H](c2nc3ccccc3n2CCOc2ccc(C(C)(C)C)cc2)CC1=O. The van der Waals surface area contributed by atoms with E-state index in [1.165, 1.54) is 5.56 Å². The lowest BCUT2D eigenvalue weighted by molar-refractivity contribution is -0.127. The number of likely N-dealkylation sites (tertiary alicyclic amines) is 1. The highest BCUT2D eigenvalue weighted by atomic mass is 16.5. The Balaban J connectivity index is 1.49. The molecule has 0 saturated carbocycles. The number of aromatic nitrogens is 2. The van der Waals surface area contributed by atoms with E-state index >= 15 is 0 Å². The summed E-state index contributed by atoms with van der Waals surface area (Å²) in [4.78, 5) is 19.5. The summed E-state index contributed by atoms with van der Waals surface area (Å²) < 4.78 is 8.33. The summed E-state index contributed by atoms with van der Waals surface area (Å²) >= 11 is 0. The Hall–Kier alpha value is -2.82. The summed E-state index contributed by atoms with van der Waals surface area (Å²) in [6.45, 7) is 11.7. The number of ether oxygens (including phenoxy) is 1. The quantitative estimate of drug-likeness (QED) is 0.469. The van der Waals surface area contributed by atoms with Crippen LogP contribution in [-0.4, -0.2) is 40.1 Å². The first-order chi connectivity index (χ1) is 15.4. The maximum atomic E-state index is 12.6. The van der Waals surface area contributed by atoms with Gasteiger partial charge in [0.25, 0.3) is 0 Å². The van der Waals surface area contributed by atoms with Crippen LogP contribution in [0, 0.1) is 0 Å². The summed E-state index contributed by atoms with van der Waals surface area (Å²) in [5, 5.41) is 0. The molecule has 3 aromatic rings. The van der Waals surface area contributed by atoms with Crippen LogP contribution in [0.5, 0.6) is 5.75 Å². The number of hydrogen-bond donors (Lipinski definition) is 0. The van der Waals surface area contributed by atoms with Crippen molar-refractivity contribution in [3.63, 3.8) is 0 Å². The van der Waals surface area contributed by atoms with Crippen molar-refractivity contribution in [1.82, 2.24) is 14.5 Å². The van der Waals surface area contributed by atoms with Crippen molar-refractivity contribution in [3.05, 3.63) is 59.9 Å². The zero-order chi connectivity index (χ0) is 22.7. The van der Waals surface area contributed by atoms with Crippen LogP contribution in [0.2, 0.25) is 0 Å². The fourth-order valence-corrected chi connectivity index (χ4v) is 4.46. The van der Waals surface area contributed by atoms with E-state index in [0.717, 1.165) is 48.5 Å². The first kappa shape index (κ1) is 22.4. The molecular weight excluding hydrogens is 398 g/mol. The van der Waals surface area contributed by atoms with Gasteiger partial charge in [0, 0.05) is 25.4 Å². The number of benzene rings is 2. The largest absolute Gasteiger partial charge is 0.492 e. The molecule has 0 bridgehead atoms. The zero-order valence-corrected chi connectivity index (χ0v) is 19.8. The van der Waals surface area contributed by atoms with E-state index in [4.69, 9.17) is 9.72 Å². The topological polar surface area (TPSA) is 47.4 Å². The average molecular weight is 434 g/mol. The second kappa shape index (κ2) is 9.35. The van der Waals surface area contributed by atoms with Gasteiger partial charge in [-0.05, 0) is 41.7 Å². The third kappa shape index (κ3) is 4.82. The van der Waals surface area contributed by atoms with E-state index in [9.17, 15) is 4.79 Å².